The van der Waals surface area contributed by atoms with Crippen molar-refractivity contribution in [3.05, 3.63) is 54.5 Å². The Hall–Kier alpha value is -3.39. The van der Waals surface area contributed by atoms with Crippen molar-refractivity contribution in [2.75, 3.05) is 44.2 Å². The van der Waals surface area contributed by atoms with Crippen molar-refractivity contribution in [2.24, 2.45) is 0 Å². The zero-order valence-electron chi connectivity index (χ0n) is 18.9. The number of hydrogen-bond acceptors (Lipinski definition) is 7. The number of ether oxygens (including phenoxy) is 1. The summed E-state index contributed by atoms with van der Waals surface area (Å²) in [5, 5.41) is 11.9. The molecule has 1 saturated carbocycles. The maximum Gasteiger partial charge on any atom is 0.132 e. The number of benzene rings is 1. The summed E-state index contributed by atoms with van der Waals surface area (Å²) in [7, 11) is 0. The lowest BCUT2D eigenvalue weighted by molar-refractivity contribution is 0.200. The predicted octanol–water partition coefficient (Wildman–Crippen LogP) is 3.12. The summed E-state index contributed by atoms with van der Waals surface area (Å²) in [6.45, 7) is 8.01. The molecule has 1 saturated heterocycles. The van der Waals surface area contributed by atoms with Crippen LogP contribution in [0.3, 0.4) is 0 Å². The summed E-state index contributed by atoms with van der Waals surface area (Å²) < 4.78 is 6.17. The Morgan fingerprint density at radius 1 is 1.09 bits per heavy atom. The average molecular weight is 444 g/mol. The third-order valence-corrected chi connectivity index (χ3v) is 6.75. The van der Waals surface area contributed by atoms with E-state index in [1.165, 1.54) is 5.57 Å². The Balaban J connectivity index is 1.18. The number of nitrogens with zero attached hydrogens (tertiary/aromatic N) is 5. The number of aromatic nitrogens is 4. The van der Waals surface area contributed by atoms with Crippen LogP contribution in [0.4, 0.5) is 5.82 Å². The van der Waals surface area contributed by atoms with Crippen LogP contribution in [0.15, 0.2) is 54.5 Å². The summed E-state index contributed by atoms with van der Waals surface area (Å²) in [6, 6.07) is 8.16. The highest BCUT2D eigenvalue weighted by atomic mass is 16.5. The first-order chi connectivity index (χ1) is 16.2. The molecule has 6 rings (SSSR count). The van der Waals surface area contributed by atoms with Crippen LogP contribution in [0, 0.1) is 0 Å². The van der Waals surface area contributed by atoms with E-state index in [9.17, 15) is 0 Å². The first kappa shape index (κ1) is 20.2. The molecule has 8 heteroatoms. The van der Waals surface area contributed by atoms with Crippen molar-refractivity contribution in [2.45, 2.75) is 25.4 Å². The van der Waals surface area contributed by atoms with Gasteiger partial charge in [0, 0.05) is 50.7 Å². The van der Waals surface area contributed by atoms with Crippen LogP contribution in [0.2, 0.25) is 0 Å². The number of H-pyrrole nitrogens is 1. The number of fused-ring (bicyclic) bond motifs is 1. The van der Waals surface area contributed by atoms with Crippen molar-refractivity contribution < 1.29 is 4.74 Å². The van der Waals surface area contributed by atoms with Crippen LogP contribution >= 0.6 is 0 Å². The lowest BCUT2D eigenvalue weighted by atomic mass is 10.1. The van der Waals surface area contributed by atoms with E-state index in [-0.39, 0.29) is 5.60 Å². The van der Waals surface area contributed by atoms with Crippen LogP contribution in [0.1, 0.15) is 19.8 Å². The van der Waals surface area contributed by atoms with Crippen molar-refractivity contribution in [3.8, 4) is 17.1 Å². The predicted molar refractivity (Wildman–Crippen MR) is 129 cm³/mol. The van der Waals surface area contributed by atoms with Crippen molar-refractivity contribution in [3.63, 3.8) is 0 Å². The second kappa shape index (κ2) is 8.19. The molecule has 8 nitrogen and oxygen atoms in total. The Labute approximate surface area is 193 Å². The van der Waals surface area contributed by atoms with Gasteiger partial charge in [0.2, 0.25) is 0 Å². The maximum absolute atomic E-state index is 6.17. The molecule has 0 spiro atoms. The third-order valence-electron chi connectivity index (χ3n) is 6.75. The first-order valence-electron chi connectivity index (χ1n) is 11.7. The average Bonchev–Trinajstić information content (AvgIpc) is 3.42. The van der Waals surface area contributed by atoms with E-state index in [1.807, 2.05) is 18.3 Å². The summed E-state index contributed by atoms with van der Waals surface area (Å²) in [5.74, 6) is 1.84. The fourth-order valence-corrected chi connectivity index (χ4v) is 4.47. The Morgan fingerprint density at radius 3 is 2.76 bits per heavy atom. The van der Waals surface area contributed by atoms with Gasteiger partial charge in [0.15, 0.2) is 0 Å². The molecule has 3 aromatic rings. The van der Waals surface area contributed by atoms with E-state index in [1.54, 1.807) is 6.33 Å². The number of rotatable bonds is 6. The fraction of sp³-hybridized carbons (Fsp3) is 0.400. The van der Waals surface area contributed by atoms with Crippen LogP contribution in [-0.4, -0.2) is 69.9 Å². The van der Waals surface area contributed by atoms with Crippen molar-refractivity contribution in [1.82, 2.24) is 30.4 Å². The Bertz CT molecular complexity index is 1220. The lowest BCUT2D eigenvalue weighted by Crippen LogP contribution is -2.47. The molecule has 1 aliphatic carbocycles. The van der Waals surface area contributed by atoms with E-state index >= 15 is 0 Å². The monoisotopic (exact) mass is 443 g/mol. The maximum atomic E-state index is 6.17. The molecule has 0 atom stereocenters. The quantitative estimate of drug-likeness (QED) is 0.606. The van der Waals surface area contributed by atoms with Gasteiger partial charge in [-0.25, -0.2) is 9.97 Å². The largest absolute Gasteiger partial charge is 0.488 e. The van der Waals surface area contributed by atoms with Gasteiger partial charge in [-0.1, -0.05) is 6.08 Å². The topological polar surface area (TPSA) is 82.2 Å². The second-order valence-corrected chi connectivity index (χ2v) is 9.38. The van der Waals surface area contributed by atoms with Gasteiger partial charge in [0.1, 0.15) is 29.2 Å². The fourth-order valence-electron chi connectivity index (χ4n) is 4.47. The molecule has 33 heavy (non-hydrogen) atoms. The Morgan fingerprint density at radius 2 is 1.97 bits per heavy atom. The third kappa shape index (κ3) is 4.30. The SMILES string of the molecule is CC1(Oc2ccc3[nH]nc(-c4cc(N5CCN(CC6=CCNC=C6)CC5)ncn4)c3c2)CC1. The minimum absolute atomic E-state index is 0.0114. The van der Waals surface area contributed by atoms with Gasteiger partial charge in [-0.05, 0) is 55.8 Å². The molecule has 2 aliphatic heterocycles. The molecule has 0 unspecified atom stereocenters. The second-order valence-electron chi connectivity index (χ2n) is 9.38. The molecule has 2 fully saturated rings. The lowest BCUT2D eigenvalue weighted by Gasteiger charge is -2.35. The number of anilines is 1. The number of piperazine rings is 1. The summed E-state index contributed by atoms with van der Waals surface area (Å²) in [5.41, 5.74) is 4.02. The van der Waals surface area contributed by atoms with E-state index in [0.29, 0.717) is 0 Å². The minimum Gasteiger partial charge on any atom is -0.488 e. The number of hydrogen-bond donors (Lipinski definition) is 2. The van der Waals surface area contributed by atoms with Crippen molar-refractivity contribution in [1.29, 1.82) is 0 Å². The zero-order chi connectivity index (χ0) is 22.3. The highest BCUT2D eigenvalue weighted by molar-refractivity contribution is 5.93. The van der Waals surface area contributed by atoms with Gasteiger partial charge in [0.25, 0.3) is 0 Å². The van der Waals surface area contributed by atoms with Gasteiger partial charge in [-0.3, -0.25) is 10.00 Å². The molecule has 0 bridgehead atoms. The molecule has 0 radical (unpaired) electrons. The Kier molecular flexibility index (Phi) is 5.02. The highest BCUT2D eigenvalue weighted by Crippen LogP contribution is 2.40. The molecule has 2 aromatic heterocycles. The van der Waals surface area contributed by atoms with Crippen LogP contribution < -0.4 is 15.0 Å². The zero-order valence-corrected chi connectivity index (χ0v) is 18.9. The molecule has 0 amide bonds. The summed E-state index contributed by atoms with van der Waals surface area (Å²) in [4.78, 5) is 14.0. The first-order valence-corrected chi connectivity index (χ1v) is 11.7. The summed E-state index contributed by atoms with van der Waals surface area (Å²) in [6.07, 6.45) is 10.3. The number of nitrogens with one attached hydrogen (secondary N) is 2. The molecular weight excluding hydrogens is 414 g/mol. The smallest absolute Gasteiger partial charge is 0.132 e. The number of dihydropyridines is 1. The summed E-state index contributed by atoms with van der Waals surface area (Å²) >= 11 is 0. The van der Waals surface area contributed by atoms with Gasteiger partial charge >= 0.3 is 0 Å². The molecule has 170 valence electrons. The van der Waals surface area contributed by atoms with E-state index in [0.717, 1.165) is 86.0 Å². The van der Waals surface area contributed by atoms with Crippen LogP contribution in [0.5, 0.6) is 5.75 Å². The number of aromatic amines is 1. The van der Waals surface area contributed by atoms with Crippen molar-refractivity contribution >= 4 is 16.7 Å². The van der Waals surface area contributed by atoms with E-state index < -0.39 is 0 Å². The molecule has 1 aromatic carbocycles. The van der Waals surface area contributed by atoms with Crippen LogP contribution in [-0.2, 0) is 0 Å². The van der Waals surface area contributed by atoms with Gasteiger partial charge < -0.3 is 15.0 Å². The minimum atomic E-state index is -0.0114. The molecular formula is C25H29N7O. The van der Waals surface area contributed by atoms with Gasteiger partial charge in [-0.2, -0.15) is 5.10 Å². The van der Waals surface area contributed by atoms with Crippen LogP contribution in [0.25, 0.3) is 22.3 Å². The van der Waals surface area contributed by atoms with Gasteiger partial charge in [0.05, 0.1) is 11.2 Å². The normalized spacial score (nSPS) is 19.9. The molecule has 4 heterocycles. The molecule has 3 aliphatic rings. The van der Waals surface area contributed by atoms with E-state index in [4.69, 9.17) is 4.74 Å². The highest BCUT2D eigenvalue weighted by Gasteiger charge is 2.40. The standard InChI is InChI=1S/C25H29N7O/c1-25(6-7-25)33-19-2-3-21-20(14-19)24(30-29-21)22-15-23(28-17-27-22)32-12-10-31(11-13-32)16-18-4-8-26-9-5-18/h2-5,8,14-15,17,26H,6-7,9-13,16H2,1H3,(H,29,30). The molecule has 2 N–H and O–H groups in total. The van der Waals surface area contributed by atoms with Gasteiger partial charge in [-0.15, -0.1) is 0 Å². The van der Waals surface area contributed by atoms with E-state index in [2.05, 4.69) is 66.5 Å².